The lowest BCUT2D eigenvalue weighted by Crippen LogP contribution is -2.06. The number of carbonyl (C=O) groups is 1. The summed E-state index contributed by atoms with van der Waals surface area (Å²) in [5.41, 5.74) is 0.800. The fourth-order valence-corrected chi connectivity index (χ4v) is 2.30. The van der Waals surface area contributed by atoms with Gasteiger partial charge in [-0.2, -0.15) is 0 Å². The summed E-state index contributed by atoms with van der Waals surface area (Å²) < 4.78 is 10.8. The van der Waals surface area contributed by atoms with Crippen molar-refractivity contribution >= 4 is 11.7 Å². The van der Waals surface area contributed by atoms with Crippen LogP contribution >= 0.6 is 0 Å². The number of para-hydroxylation sites is 1. The van der Waals surface area contributed by atoms with Crippen LogP contribution in [-0.4, -0.2) is 10.9 Å². The first kappa shape index (κ1) is 20.6. The van der Waals surface area contributed by atoms with Crippen LogP contribution in [0.15, 0.2) is 78.9 Å². The highest BCUT2D eigenvalue weighted by atomic mass is 16.6. The summed E-state index contributed by atoms with van der Waals surface area (Å²) >= 11 is 0. The normalized spacial score (nSPS) is 9.64. The fourth-order valence-electron chi connectivity index (χ4n) is 2.30. The molecule has 0 radical (unpaired) electrons. The van der Waals surface area contributed by atoms with Gasteiger partial charge in [0.1, 0.15) is 12.4 Å². The topological polar surface area (TPSA) is 78.7 Å². The van der Waals surface area contributed by atoms with Gasteiger partial charge in [-0.3, -0.25) is 10.1 Å². The predicted octanol–water partition coefficient (Wildman–Crippen LogP) is 5.77. The number of benzene rings is 3. The van der Waals surface area contributed by atoms with Gasteiger partial charge in [0, 0.05) is 12.1 Å². The van der Waals surface area contributed by atoms with Crippen LogP contribution < -0.4 is 4.74 Å². The summed E-state index contributed by atoms with van der Waals surface area (Å²) in [4.78, 5) is 22.9. The SMILES string of the molecule is CC.O=C(OCc1ccccc1)c1ccc([N+](=O)[O-])c(Oc2ccccc2)c1. The summed E-state index contributed by atoms with van der Waals surface area (Å²) in [6, 6.07) is 21.8. The Morgan fingerprint density at radius 2 is 1.54 bits per heavy atom. The maximum atomic E-state index is 12.3. The molecular weight excluding hydrogens is 358 g/mol. The zero-order valence-electron chi connectivity index (χ0n) is 15.7. The number of hydrogen-bond acceptors (Lipinski definition) is 5. The van der Waals surface area contributed by atoms with Crippen LogP contribution in [0.2, 0.25) is 0 Å². The van der Waals surface area contributed by atoms with Crippen molar-refractivity contribution in [2.24, 2.45) is 0 Å². The first-order chi connectivity index (χ1) is 13.6. The number of nitro benzene ring substituents is 1. The minimum absolute atomic E-state index is 0.0182. The molecule has 0 aromatic heterocycles. The van der Waals surface area contributed by atoms with Crippen LogP contribution in [-0.2, 0) is 11.3 Å². The molecule has 6 nitrogen and oxygen atoms in total. The molecule has 0 fully saturated rings. The van der Waals surface area contributed by atoms with Gasteiger partial charge in [-0.25, -0.2) is 4.79 Å². The molecule has 0 saturated carbocycles. The van der Waals surface area contributed by atoms with Gasteiger partial charge in [-0.05, 0) is 23.8 Å². The second-order valence-corrected chi connectivity index (χ2v) is 5.42. The van der Waals surface area contributed by atoms with E-state index in [1.54, 1.807) is 30.3 Å². The molecule has 3 aromatic carbocycles. The molecule has 0 aliphatic rings. The molecule has 28 heavy (non-hydrogen) atoms. The highest BCUT2D eigenvalue weighted by Gasteiger charge is 2.19. The van der Waals surface area contributed by atoms with E-state index in [1.165, 1.54) is 18.2 Å². The third-order valence-corrected chi connectivity index (χ3v) is 3.58. The van der Waals surface area contributed by atoms with E-state index in [0.29, 0.717) is 5.75 Å². The Kier molecular flexibility index (Phi) is 7.72. The van der Waals surface area contributed by atoms with Gasteiger partial charge in [0.25, 0.3) is 0 Å². The van der Waals surface area contributed by atoms with E-state index in [4.69, 9.17) is 9.47 Å². The largest absolute Gasteiger partial charge is 0.457 e. The van der Waals surface area contributed by atoms with E-state index in [2.05, 4.69) is 0 Å². The van der Waals surface area contributed by atoms with Crippen molar-refractivity contribution in [1.82, 2.24) is 0 Å². The zero-order chi connectivity index (χ0) is 20.4. The maximum Gasteiger partial charge on any atom is 0.338 e. The highest BCUT2D eigenvalue weighted by molar-refractivity contribution is 5.90. The van der Waals surface area contributed by atoms with Crippen molar-refractivity contribution in [2.45, 2.75) is 20.5 Å². The number of ether oxygens (including phenoxy) is 2. The smallest absolute Gasteiger partial charge is 0.338 e. The third kappa shape index (κ3) is 5.67. The molecule has 0 saturated heterocycles. The molecule has 0 aliphatic carbocycles. The number of hydrogen-bond donors (Lipinski definition) is 0. The molecule has 6 heteroatoms. The van der Waals surface area contributed by atoms with E-state index in [-0.39, 0.29) is 23.6 Å². The Bertz CT molecular complexity index is 911. The van der Waals surface area contributed by atoms with E-state index in [1.807, 2.05) is 44.2 Å². The lowest BCUT2D eigenvalue weighted by molar-refractivity contribution is -0.385. The Balaban J connectivity index is 0.00000136. The molecule has 0 bridgehead atoms. The lowest BCUT2D eigenvalue weighted by Gasteiger charge is -2.09. The van der Waals surface area contributed by atoms with Gasteiger partial charge in [-0.15, -0.1) is 0 Å². The van der Waals surface area contributed by atoms with Crippen molar-refractivity contribution in [3.63, 3.8) is 0 Å². The van der Waals surface area contributed by atoms with Crippen LogP contribution in [0.1, 0.15) is 29.8 Å². The summed E-state index contributed by atoms with van der Waals surface area (Å²) in [5.74, 6) is -0.164. The van der Waals surface area contributed by atoms with Crippen molar-refractivity contribution in [3.05, 3.63) is 100 Å². The van der Waals surface area contributed by atoms with Gasteiger partial charge in [0.05, 0.1) is 10.5 Å². The van der Waals surface area contributed by atoms with Crippen LogP contribution in [0.3, 0.4) is 0 Å². The minimum Gasteiger partial charge on any atom is -0.457 e. The average molecular weight is 379 g/mol. The molecule has 0 unspecified atom stereocenters. The molecule has 0 aliphatic heterocycles. The third-order valence-electron chi connectivity index (χ3n) is 3.58. The van der Waals surface area contributed by atoms with E-state index in [9.17, 15) is 14.9 Å². The standard InChI is InChI=1S/C20H15NO5.C2H6/c22-20(25-14-15-7-3-1-4-8-15)16-11-12-18(21(23)24)19(13-16)26-17-9-5-2-6-10-17;1-2/h1-13H,14H2;1-2H3. The molecule has 3 rings (SSSR count). The molecule has 0 atom stereocenters. The molecular formula is C22H21NO5. The summed E-state index contributed by atoms with van der Waals surface area (Å²) in [6.07, 6.45) is 0. The van der Waals surface area contributed by atoms with E-state index >= 15 is 0 Å². The van der Waals surface area contributed by atoms with Crippen molar-refractivity contribution in [1.29, 1.82) is 0 Å². The van der Waals surface area contributed by atoms with E-state index in [0.717, 1.165) is 5.56 Å². The van der Waals surface area contributed by atoms with E-state index < -0.39 is 10.9 Å². The van der Waals surface area contributed by atoms with Crippen molar-refractivity contribution < 1.29 is 19.2 Å². The maximum absolute atomic E-state index is 12.3. The monoisotopic (exact) mass is 379 g/mol. The molecule has 0 N–H and O–H groups in total. The first-order valence-corrected chi connectivity index (χ1v) is 8.86. The number of esters is 1. The van der Waals surface area contributed by atoms with Crippen LogP contribution in [0.4, 0.5) is 5.69 Å². The number of nitrogens with zero attached hydrogens (tertiary/aromatic N) is 1. The van der Waals surface area contributed by atoms with Gasteiger partial charge in [-0.1, -0.05) is 62.4 Å². The molecule has 144 valence electrons. The van der Waals surface area contributed by atoms with Gasteiger partial charge < -0.3 is 9.47 Å². The predicted molar refractivity (Wildman–Crippen MR) is 107 cm³/mol. The second kappa shape index (κ2) is 10.5. The van der Waals surface area contributed by atoms with Crippen LogP contribution in [0, 0.1) is 10.1 Å². The number of rotatable bonds is 6. The molecule has 3 aromatic rings. The van der Waals surface area contributed by atoms with Crippen LogP contribution in [0.5, 0.6) is 11.5 Å². The van der Waals surface area contributed by atoms with Crippen molar-refractivity contribution in [2.75, 3.05) is 0 Å². The Hall–Kier alpha value is -3.67. The molecule has 0 heterocycles. The zero-order valence-corrected chi connectivity index (χ0v) is 15.7. The lowest BCUT2D eigenvalue weighted by atomic mass is 10.2. The second-order valence-electron chi connectivity index (χ2n) is 5.42. The van der Waals surface area contributed by atoms with Gasteiger partial charge in [0.15, 0.2) is 0 Å². The number of carbonyl (C=O) groups excluding carboxylic acids is 1. The van der Waals surface area contributed by atoms with Gasteiger partial charge in [0.2, 0.25) is 5.75 Å². The molecule has 0 amide bonds. The number of nitro groups is 1. The first-order valence-electron chi connectivity index (χ1n) is 8.86. The van der Waals surface area contributed by atoms with Crippen molar-refractivity contribution in [3.8, 4) is 11.5 Å². The Labute approximate surface area is 163 Å². The highest BCUT2D eigenvalue weighted by Crippen LogP contribution is 2.32. The Morgan fingerprint density at radius 1 is 0.929 bits per heavy atom. The summed E-state index contributed by atoms with van der Waals surface area (Å²) in [5, 5.41) is 11.2. The Morgan fingerprint density at radius 3 is 2.14 bits per heavy atom. The summed E-state index contributed by atoms with van der Waals surface area (Å²) in [7, 11) is 0. The minimum atomic E-state index is -0.582. The average Bonchev–Trinajstić information content (AvgIpc) is 2.74. The molecule has 0 spiro atoms. The fraction of sp³-hybridized carbons (Fsp3) is 0.136. The van der Waals surface area contributed by atoms with Gasteiger partial charge >= 0.3 is 11.7 Å². The summed E-state index contributed by atoms with van der Waals surface area (Å²) in [6.45, 7) is 4.12. The quantitative estimate of drug-likeness (QED) is 0.309. The van der Waals surface area contributed by atoms with Crippen LogP contribution in [0.25, 0.3) is 0 Å².